The van der Waals surface area contributed by atoms with E-state index >= 15 is 0 Å². The maximum Gasteiger partial charge on any atom is 0.307 e. The third kappa shape index (κ3) is 4.33. The van der Waals surface area contributed by atoms with Crippen LogP contribution >= 0.6 is 0 Å². The number of nitrogens with one attached hydrogen (secondary N) is 2. The molecule has 1 aromatic carbocycles. The molecule has 0 bridgehead atoms. The fraction of sp³-hybridized carbons (Fsp3) is 0.471. The second-order valence-electron chi connectivity index (χ2n) is 5.54. The Kier molecular flexibility index (Phi) is 5.39. The maximum atomic E-state index is 11.5. The van der Waals surface area contributed by atoms with Crippen LogP contribution < -0.4 is 5.32 Å². The standard InChI is InChI=1S/C17H24N2O2/c1-4-21-17(20)10-13(3)19-12(2)9-14-11-18-16-8-6-5-7-15(14)16/h5-8,11-13,18-19H,4,9-10H2,1-3H3. The summed E-state index contributed by atoms with van der Waals surface area (Å²) in [6.07, 6.45) is 3.40. The number of aromatic nitrogens is 1. The quantitative estimate of drug-likeness (QED) is 0.770. The van der Waals surface area contributed by atoms with Gasteiger partial charge in [-0.1, -0.05) is 18.2 Å². The van der Waals surface area contributed by atoms with Crippen LogP contribution in [0.2, 0.25) is 0 Å². The lowest BCUT2D eigenvalue weighted by atomic mass is 10.1. The largest absolute Gasteiger partial charge is 0.466 e. The Morgan fingerprint density at radius 3 is 2.81 bits per heavy atom. The summed E-state index contributed by atoms with van der Waals surface area (Å²) >= 11 is 0. The van der Waals surface area contributed by atoms with E-state index in [0.29, 0.717) is 19.1 Å². The molecule has 4 heteroatoms. The first-order valence-corrected chi connectivity index (χ1v) is 7.56. The number of benzene rings is 1. The van der Waals surface area contributed by atoms with E-state index in [1.54, 1.807) is 0 Å². The van der Waals surface area contributed by atoms with E-state index in [-0.39, 0.29) is 12.0 Å². The van der Waals surface area contributed by atoms with Crippen molar-refractivity contribution in [2.24, 2.45) is 0 Å². The molecule has 1 aromatic heterocycles. The Bertz CT molecular complexity index is 591. The number of H-pyrrole nitrogens is 1. The van der Waals surface area contributed by atoms with Crippen LogP contribution in [0.4, 0.5) is 0 Å². The van der Waals surface area contributed by atoms with Gasteiger partial charge in [0.05, 0.1) is 13.0 Å². The van der Waals surface area contributed by atoms with Gasteiger partial charge in [0, 0.05) is 29.2 Å². The molecule has 0 saturated carbocycles. The molecule has 0 aliphatic carbocycles. The molecule has 21 heavy (non-hydrogen) atoms. The summed E-state index contributed by atoms with van der Waals surface area (Å²) in [5, 5.41) is 4.73. The predicted molar refractivity (Wildman–Crippen MR) is 85.3 cm³/mol. The van der Waals surface area contributed by atoms with Gasteiger partial charge in [-0.2, -0.15) is 0 Å². The zero-order valence-electron chi connectivity index (χ0n) is 13.0. The number of aromatic amines is 1. The van der Waals surface area contributed by atoms with Gasteiger partial charge in [-0.15, -0.1) is 0 Å². The molecule has 2 unspecified atom stereocenters. The summed E-state index contributed by atoms with van der Waals surface area (Å²) in [7, 11) is 0. The summed E-state index contributed by atoms with van der Waals surface area (Å²) in [5.74, 6) is -0.142. The maximum absolute atomic E-state index is 11.5. The Balaban J connectivity index is 1.89. The fourth-order valence-corrected chi connectivity index (χ4v) is 2.70. The lowest BCUT2D eigenvalue weighted by molar-refractivity contribution is -0.143. The molecule has 0 saturated heterocycles. The first-order chi connectivity index (χ1) is 10.1. The van der Waals surface area contributed by atoms with Gasteiger partial charge >= 0.3 is 5.97 Å². The van der Waals surface area contributed by atoms with Crippen molar-refractivity contribution >= 4 is 16.9 Å². The van der Waals surface area contributed by atoms with E-state index in [4.69, 9.17) is 4.74 Å². The van der Waals surface area contributed by atoms with Crippen molar-refractivity contribution < 1.29 is 9.53 Å². The van der Waals surface area contributed by atoms with Crippen molar-refractivity contribution in [2.45, 2.75) is 45.7 Å². The first-order valence-electron chi connectivity index (χ1n) is 7.56. The Hall–Kier alpha value is -1.81. The van der Waals surface area contributed by atoms with Crippen LogP contribution in [0.15, 0.2) is 30.5 Å². The van der Waals surface area contributed by atoms with Crippen LogP contribution in [0.5, 0.6) is 0 Å². The molecule has 114 valence electrons. The molecule has 2 aromatic rings. The van der Waals surface area contributed by atoms with E-state index in [9.17, 15) is 4.79 Å². The van der Waals surface area contributed by atoms with Gasteiger partial charge in [0.2, 0.25) is 0 Å². The highest BCUT2D eigenvalue weighted by Crippen LogP contribution is 2.19. The molecule has 2 N–H and O–H groups in total. The normalized spacial score (nSPS) is 14.0. The van der Waals surface area contributed by atoms with Crippen molar-refractivity contribution in [3.8, 4) is 0 Å². The lowest BCUT2D eigenvalue weighted by Gasteiger charge is -2.19. The van der Waals surface area contributed by atoms with Gasteiger partial charge < -0.3 is 15.0 Å². The van der Waals surface area contributed by atoms with Gasteiger partial charge in [-0.05, 0) is 38.8 Å². The highest BCUT2D eigenvalue weighted by atomic mass is 16.5. The molecule has 4 nitrogen and oxygen atoms in total. The molecule has 2 atom stereocenters. The lowest BCUT2D eigenvalue weighted by Crippen LogP contribution is -2.37. The number of hydrogen-bond acceptors (Lipinski definition) is 3. The summed E-state index contributed by atoms with van der Waals surface area (Å²) in [5.41, 5.74) is 2.47. The summed E-state index contributed by atoms with van der Waals surface area (Å²) < 4.78 is 4.97. The molecule has 0 fully saturated rings. The van der Waals surface area contributed by atoms with Crippen LogP contribution in [0.1, 0.15) is 32.8 Å². The number of hydrogen-bond donors (Lipinski definition) is 2. The zero-order valence-corrected chi connectivity index (χ0v) is 13.0. The number of para-hydroxylation sites is 1. The molecule has 0 radical (unpaired) electrons. The van der Waals surface area contributed by atoms with E-state index < -0.39 is 0 Å². The van der Waals surface area contributed by atoms with Crippen LogP contribution in [-0.4, -0.2) is 29.6 Å². The van der Waals surface area contributed by atoms with Crippen molar-refractivity contribution in [3.63, 3.8) is 0 Å². The van der Waals surface area contributed by atoms with Gasteiger partial charge in [-0.3, -0.25) is 4.79 Å². The van der Waals surface area contributed by atoms with Crippen LogP contribution in [0, 0.1) is 0 Å². The topological polar surface area (TPSA) is 54.1 Å². The number of carbonyl (C=O) groups is 1. The van der Waals surface area contributed by atoms with E-state index in [1.807, 2.05) is 19.9 Å². The van der Waals surface area contributed by atoms with E-state index in [1.165, 1.54) is 16.5 Å². The number of fused-ring (bicyclic) bond motifs is 1. The highest BCUT2D eigenvalue weighted by Gasteiger charge is 2.14. The van der Waals surface area contributed by atoms with Crippen molar-refractivity contribution in [3.05, 3.63) is 36.0 Å². The Morgan fingerprint density at radius 1 is 1.29 bits per heavy atom. The van der Waals surface area contributed by atoms with Crippen LogP contribution in [0.3, 0.4) is 0 Å². The molecule has 0 aliphatic heterocycles. The highest BCUT2D eigenvalue weighted by molar-refractivity contribution is 5.83. The Labute approximate surface area is 125 Å². The smallest absolute Gasteiger partial charge is 0.307 e. The third-order valence-corrected chi connectivity index (χ3v) is 3.55. The first kappa shape index (κ1) is 15.6. The minimum atomic E-state index is -0.142. The predicted octanol–water partition coefficient (Wildman–Crippen LogP) is 3.03. The average molecular weight is 288 g/mol. The van der Waals surface area contributed by atoms with E-state index in [0.717, 1.165) is 6.42 Å². The molecule has 0 aliphatic rings. The number of rotatable bonds is 7. The number of carbonyl (C=O) groups excluding carboxylic acids is 1. The van der Waals surface area contributed by atoms with Gasteiger partial charge in [0.25, 0.3) is 0 Å². The van der Waals surface area contributed by atoms with Gasteiger partial charge in [-0.25, -0.2) is 0 Å². The molecular weight excluding hydrogens is 264 g/mol. The van der Waals surface area contributed by atoms with Crippen molar-refractivity contribution in [1.82, 2.24) is 10.3 Å². The van der Waals surface area contributed by atoms with Crippen molar-refractivity contribution in [2.75, 3.05) is 6.61 Å². The van der Waals surface area contributed by atoms with Crippen LogP contribution in [-0.2, 0) is 16.0 Å². The van der Waals surface area contributed by atoms with E-state index in [2.05, 4.69) is 41.6 Å². The summed E-state index contributed by atoms with van der Waals surface area (Å²) in [6, 6.07) is 8.72. The zero-order chi connectivity index (χ0) is 15.2. The van der Waals surface area contributed by atoms with Gasteiger partial charge in [0.15, 0.2) is 0 Å². The minimum Gasteiger partial charge on any atom is -0.466 e. The Morgan fingerprint density at radius 2 is 2.05 bits per heavy atom. The molecular formula is C17H24N2O2. The summed E-state index contributed by atoms with van der Waals surface area (Å²) in [4.78, 5) is 14.8. The number of ether oxygens (including phenoxy) is 1. The van der Waals surface area contributed by atoms with Gasteiger partial charge in [0.1, 0.15) is 0 Å². The monoisotopic (exact) mass is 288 g/mol. The molecule has 0 amide bonds. The summed E-state index contributed by atoms with van der Waals surface area (Å²) in [6.45, 7) is 6.43. The van der Waals surface area contributed by atoms with Crippen LogP contribution in [0.25, 0.3) is 10.9 Å². The van der Waals surface area contributed by atoms with Crippen molar-refractivity contribution in [1.29, 1.82) is 0 Å². The fourth-order valence-electron chi connectivity index (χ4n) is 2.70. The minimum absolute atomic E-state index is 0.115. The molecule has 0 spiro atoms. The molecule has 1 heterocycles. The second-order valence-corrected chi connectivity index (χ2v) is 5.54. The number of esters is 1. The molecule has 2 rings (SSSR count). The second kappa shape index (κ2) is 7.27. The SMILES string of the molecule is CCOC(=O)CC(C)NC(C)Cc1c[nH]c2ccccc12. The average Bonchev–Trinajstić information content (AvgIpc) is 2.82. The third-order valence-electron chi connectivity index (χ3n) is 3.55.